The second-order valence-electron chi connectivity index (χ2n) is 10.9. The zero-order valence-corrected chi connectivity index (χ0v) is 25.1. The second kappa shape index (κ2) is 13.2. The Balaban J connectivity index is 1.30. The number of nitrogens with zero attached hydrogens (tertiary/aromatic N) is 3. The molecule has 2 amide bonds. The number of sulfonamides is 1. The molecule has 0 radical (unpaired) electrons. The number of likely N-dealkylation sites (tertiary alicyclic amines) is 3. The van der Waals surface area contributed by atoms with Crippen molar-refractivity contribution in [1.82, 2.24) is 19.4 Å². The Bertz CT molecular complexity index is 1190. The van der Waals surface area contributed by atoms with Crippen molar-refractivity contribution in [3.63, 3.8) is 0 Å². The van der Waals surface area contributed by atoms with E-state index in [1.807, 2.05) is 18.7 Å². The minimum atomic E-state index is -3.85. The van der Waals surface area contributed by atoms with Crippen molar-refractivity contribution in [3.8, 4) is 0 Å². The van der Waals surface area contributed by atoms with Crippen molar-refractivity contribution in [2.75, 3.05) is 39.3 Å². The van der Waals surface area contributed by atoms with Crippen molar-refractivity contribution >= 4 is 56.6 Å². The molecule has 4 rings (SSSR count). The fourth-order valence-corrected chi connectivity index (χ4v) is 8.02. The number of nitrogens with one attached hydrogen (secondary N) is 1. The van der Waals surface area contributed by atoms with Crippen LogP contribution in [0.2, 0.25) is 4.34 Å². The quantitative estimate of drug-likeness (QED) is 0.419. The van der Waals surface area contributed by atoms with E-state index in [0.29, 0.717) is 53.3 Å². The van der Waals surface area contributed by atoms with Gasteiger partial charge in [-0.1, -0.05) is 25.4 Å². The van der Waals surface area contributed by atoms with E-state index < -0.39 is 16.1 Å². The van der Waals surface area contributed by atoms with Crippen LogP contribution in [0.25, 0.3) is 6.08 Å². The fraction of sp³-hybridized carbons (Fsp3) is 0.667. The summed E-state index contributed by atoms with van der Waals surface area (Å²) in [5.41, 5.74) is 0. The van der Waals surface area contributed by atoms with Crippen LogP contribution in [-0.4, -0.2) is 92.1 Å². The lowest BCUT2D eigenvalue weighted by Gasteiger charge is -2.34. The van der Waals surface area contributed by atoms with Crippen LogP contribution in [0.3, 0.4) is 0 Å². The topological polar surface area (TPSA) is 107 Å². The van der Waals surface area contributed by atoms with Crippen LogP contribution in [0.15, 0.2) is 17.5 Å². The van der Waals surface area contributed by atoms with Crippen molar-refractivity contribution in [1.29, 1.82) is 0 Å². The van der Waals surface area contributed by atoms with Crippen molar-refractivity contribution < 1.29 is 22.8 Å². The van der Waals surface area contributed by atoms with Crippen LogP contribution < -0.4 is 4.72 Å². The molecule has 0 bridgehead atoms. The van der Waals surface area contributed by atoms with Gasteiger partial charge in [0.15, 0.2) is 0 Å². The summed E-state index contributed by atoms with van der Waals surface area (Å²) < 4.78 is 28.2. The maximum Gasteiger partial charge on any atom is 0.242 e. The minimum Gasteiger partial charge on any atom is -0.337 e. The number of amides is 2. The molecule has 9 nitrogen and oxygen atoms in total. The Morgan fingerprint density at radius 2 is 1.95 bits per heavy atom. The highest BCUT2D eigenvalue weighted by atomic mass is 35.5. The van der Waals surface area contributed by atoms with Crippen molar-refractivity contribution in [2.45, 2.75) is 64.5 Å². The maximum absolute atomic E-state index is 13.3. The predicted molar refractivity (Wildman–Crippen MR) is 154 cm³/mol. The van der Waals surface area contributed by atoms with Gasteiger partial charge in [-0.25, -0.2) is 8.42 Å². The van der Waals surface area contributed by atoms with Crippen LogP contribution in [0.5, 0.6) is 0 Å². The van der Waals surface area contributed by atoms with E-state index in [4.69, 9.17) is 11.6 Å². The summed E-state index contributed by atoms with van der Waals surface area (Å²) in [6, 6.07) is 2.61. The first-order valence-electron chi connectivity index (χ1n) is 13.9. The van der Waals surface area contributed by atoms with Crippen LogP contribution in [0, 0.1) is 11.8 Å². The van der Waals surface area contributed by atoms with Gasteiger partial charge in [-0.3, -0.25) is 14.4 Å². The van der Waals surface area contributed by atoms with E-state index in [9.17, 15) is 22.8 Å². The Morgan fingerprint density at radius 1 is 1.18 bits per heavy atom. The number of halogens is 1. The highest BCUT2D eigenvalue weighted by Gasteiger charge is 2.37. The predicted octanol–water partition coefficient (Wildman–Crippen LogP) is 3.21. The first-order valence-corrected chi connectivity index (χ1v) is 16.6. The molecule has 2 unspecified atom stereocenters. The summed E-state index contributed by atoms with van der Waals surface area (Å²) in [5.74, 6) is 0.302. The summed E-state index contributed by atoms with van der Waals surface area (Å²) >= 11 is 7.16. The number of rotatable bonds is 11. The fourth-order valence-electron chi connectivity index (χ4n) is 5.95. The number of hydrogen-bond acceptors (Lipinski definition) is 7. The number of ketones is 1. The monoisotopic (exact) mass is 598 g/mol. The molecule has 0 spiro atoms. The molecule has 0 aromatic carbocycles. The minimum absolute atomic E-state index is 0.0399. The summed E-state index contributed by atoms with van der Waals surface area (Å²) in [4.78, 5) is 45.0. The average molecular weight is 599 g/mol. The van der Waals surface area contributed by atoms with Crippen molar-refractivity contribution in [2.24, 2.45) is 11.8 Å². The lowest BCUT2D eigenvalue weighted by Crippen LogP contribution is -2.55. The standard InChI is InChI=1S/C27H39ClN4O5S2/c1-3-24(33)19(2)20-10-14-30(16-20)17-21-6-4-13-32(21)26(34)18-31-12-5-7-23(27(31)35)29-39(36,37)15-11-22-8-9-25(28)38-22/h8-9,11,15,19-21,23,29H,3-7,10,12-14,16-18H2,1-2H3/b15-11+/t19?,20?,21-,23-/m0/s1. The Hall–Kier alpha value is -1.79. The van der Waals surface area contributed by atoms with E-state index in [1.165, 1.54) is 22.3 Å². The molecular formula is C27H39ClN4O5S2. The Morgan fingerprint density at radius 3 is 2.67 bits per heavy atom. The van der Waals surface area contributed by atoms with Crippen LogP contribution in [0.1, 0.15) is 57.2 Å². The molecule has 3 saturated heterocycles. The van der Waals surface area contributed by atoms with Gasteiger partial charge in [0.1, 0.15) is 11.8 Å². The van der Waals surface area contributed by atoms with E-state index in [2.05, 4.69) is 9.62 Å². The van der Waals surface area contributed by atoms with Gasteiger partial charge in [0.2, 0.25) is 21.8 Å². The van der Waals surface area contributed by atoms with Crippen LogP contribution in [0.4, 0.5) is 0 Å². The zero-order valence-electron chi connectivity index (χ0n) is 22.7. The van der Waals surface area contributed by atoms with Gasteiger partial charge >= 0.3 is 0 Å². The number of Topliss-reactive ketones (excluding diaryl/α,β-unsaturated/α-hetero) is 1. The smallest absolute Gasteiger partial charge is 0.242 e. The second-order valence-corrected chi connectivity index (χ2v) is 14.2. The number of carbonyl (C=O) groups is 3. The summed E-state index contributed by atoms with van der Waals surface area (Å²) in [6.07, 6.45) is 5.88. The third kappa shape index (κ3) is 7.91. The summed E-state index contributed by atoms with van der Waals surface area (Å²) in [5, 5.41) is 1.04. The van der Waals surface area contributed by atoms with E-state index in [-0.39, 0.29) is 30.3 Å². The first kappa shape index (κ1) is 30.2. The van der Waals surface area contributed by atoms with E-state index in [0.717, 1.165) is 44.3 Å². The van der Waals surface area contributed by atoms with Crippen LogP contribution in [-0.2, 0) is 24.4 Å². The molecule has 216 valence electrons. The van der Waals surface area contributed by atoms with Crippen molar-refractivity contribution in [3.05, 3.63) is 26.8 Å². The normalized spacial score (nSPS) is 25.6. The molecule has 0 saturated carbocycles. The molecule has 3 aliphatic heterocycles. The molecule has 1 aromatic rings. The molecule has 1 N–H and O–H groups in total. The number of thiophene rings is 1. The molecule has 1 aromatic heterocycles. The lowest BCUT2D eigenvalue weighted by atomic mass is 9.89. The van der Waals surface area contributed by atoms with Gasteiger partial charge in [-0.2, -0.15) is 4.72 Å². The van der Waals surface area contributed by atoms with E-state index in [1.54, 1.807) is 12.1 Å². The molecular weight excluding hydrogens is 560 g/mol. The van der Waals surface area contributed by atoms with E-state index >= 15 is 0 Å². The van der Waals surface area contributed by atoms with Gasteiger partial charge in [0.05, 0.1) is 10.9 Å². The summed E-state index contributed by atoms with van der Waals surface area (Å²) in [6.45, 7) is 7.61. The summed E-state index contributed by atoms with van der Waals surface area (Å²) in [7, 11) is -3.85. The highest BCUT2D eigenvalue weighted by Crippen LogP contribution is 2.28. The maximum atomic E-state index is 13.3. The molecule has 3 fully saturated rings. The lowest BCUT2D eigenvalue weighted by molar-refractivity contribution is -0.143. The van der Waals surface area contributed by atoms with Crippen LogP contribution >= 0.6 is 22.9 Å². The molecule has 0 aliphatic carbocycles. The number of hydrogen-bond donors (Lipinski definition) is 1. The Kier molecular flexibility index (Phi) is 10.3. The average Bonchev–Trinajstić information content (AvgIpc) is 3.66. The molecule has 4 heterocycles. The largest absolute Gasteiger partial charge is 0.337 e. The first-order chi connectivity index (χ1) is 18.6. The molecule has 4 atom stereocenters. The zero-order chi connectivity index (χ0) is 28.2. The SMILES string of the molecule is CCC(=O)C(C)C1CCN(C[C@@H]2CCCN2C(=O)CN2CCC[C@H](NS(=O)(=O)/C=C/c3ccc(Cl)s3)C2=O)C1. The number of piperidine rings is 1. The third-order valence-electron chi connectivity index (χ3n) is 8.21. The van der Waals surface area contributed by atoms with Gasteiger partial charge in [0, 0.05) is 54.8 Å². The van der Waals surface area contributed by atoms with Gasteiger partial charge in [0.25, 0.3) is 0 Å². The highest BCUT2D eigenvalue weighted by molar-refractivity contribution is 7.92. The third-order valence-corrected chi connectivity index (χ3v) is 10.5. The Labute approximate surface area is 240 Å². The van der Waals surface area contributed by atoms with Gasteiger partial charge in [-0.05, 0) is 62.8 Å². The number of carbonyl (C=O) groups excluding carboxylic acids is 3. The van der Waals surface area contributed by atoms with Gasteiger partial charge < -0.3 is 14.7 Å². The molecule has 3 aliphatic rings. The van der Waals surface area contributed by atoms with Gasteiger partial charge in [-0.15, -0.1) is 11.3 Å². The molecule has 12 heteroatoms. The molecule has 39 heavy (non-hydrogen) atoms.